The standard InChI is InChI=1S/C27H33N3O3S/c1-15(2)14-30-26(33)22-11-10-21(25(32)28-16(3)4)13-23(22)29-27(30)34-19(7)24(31)20-9-8-17(5)18(6)12-20/h8-13,15-16,19H,14H2,1-7H3,(H,28,32)/t19-/m0/s1. The minimum atomic E-state index is -0.433. The predicted octanol–water partition coefficient (Wildman–Crippen LogP) is 5.17. The Morgan fingerprint density at radius 1 is 0.971 bits per heavy atom. The van der Waals surface area contributed by atoms with Crippen molar-refractivity contribution in [2.24, 2.45) is 5.92 Å². The lowest BCUT2D eigenvalue weighted by Crippen LogP contribution is -2.30. The highest BCUT2D eigenvalue weighted by Crippen LogP contribution is 2.26. The number of nitrogens with zero attached hydrogens (tertiary/aromatic N) is 2. The Bertz CT molecular complexity index is 1290. The van der Waals surface area contributed by atoms with E-state index < -0.39 is 5.25 Å². The summed E-state index contributed by atoms with van der Waals surface area (Å²) in [6, 6.07) is 10.7. The van der Waals surface area contributed by atoms with Crippen LogP contribution in [-0.2, 0) is 6.54 Å². The van der Waals surface area contributed by atoms with Crippen LogP contribution in [0.25, 0.3) is 10.9 Å². The van der Waals surface area contributed by atoms with Crippen LogP contribution in [0.1, 0.15) is 66.5 Å². The fraction of sp³-hybridized carbons (Fsp3) is 0.407. The molecule has 0 radical (unpaired) electrons. The number of amides is 1. The molecule has 0 aliphatic rings. The number of nitrogens with one attached hydrogen (secondary N) is 1. The van der Waals surface area contributed by atoms with Gasteiger partial charge in [0.05, 0.1) is 16.2 Å². The lowest BCUT2D eigenvalue weighted by atomic mass is 10.0. The summed E-state index contributed by atoms with van der Waals surface area (Å²) in [4.78, 5) is 43.8. The van der Waals surface area contributed by atoms with Crippen LogP contribution in [0.4, 0.5) is 0 Å². The van der Waals surface area contributed by atoms with E-state index in [1.54, 1.807) is 22.8 Å². The zero-order valence-electron chi connectivity index (χ0n) is 20.9. The van der Waals surface area contributed by atoms with Crippen molar-refractivity contribution in [2.75, 3.05) is 0 Å². The van der Waals surface area contributed by atoms with Crippen LogP contribution < -0.4 is 10.9 Å². The molecule has 0 fully saturated rings. The van der Waals surface area contributed by atoms with E-state index in [0.29, 0.717) is 33.7 Å². The lowest BCUT2D eigenvalue weighted by Gasteiger charge is -2.18. The van der Waals surface area contributed by atoms with Gasteiger partial charge in [-0.15, -0.1) is 0 Å². The third-order valence-corrected chi connectivity index (χ3v) is 6.68. The Kier molecular flexibility index (Phi) is 7.97. The normalized spacial score (nSPS) is 12.4. The van der Waals surface area contributed by atoms with E-state index in [1.165, 1.54) is 11.8 Å². The van der Waals surface area contributed by atoms with E-state index in [2.05, 4.69) is 5.32 Å². The SMILES string of the molecule is Cc1ccc(C(=O)[C@H](C)Sc2nc3cc(C(=O)NC(C)C)ccc3c(=O)n2CC(C)C)cc1C. The van der Waals surface area contributed by atoms with Crippen molar-refractivity contribution in [3.8, 4) is 0 Å². The minimum Gasteiger partial charge on any atom is -0.350 e. The van der Waals surface area contributed by atoms with Gasteiger partial charge in [0, 0.05) is 23.7 Å². The van der Waals surface area contributed by atoms with Crippen LogP contribution in [0.5, 0.6) is 0 Å². The maximum absolute atomic E-state index is 13.4. The zero-order valence-corrected chi connectivity index (χ0v) is 21.7. The van der Waals surface area contributed by atoms with Gasteiger partial charge in [0.1, 0.15) is 0 Å². The van der Waals surface area contributed by atoms with Gasteiger partial charge in [0.15, 0.2) is 10.9 Å². The number of hydrogen-bond donors (Lipinski definition) is 1. The third kappa shape index (κ3) is 5.76. The van der Waals surface area contributed by atoms with Gasteiger partial charge < -0.3 is 5.32 Å². The largest absolute Gasteiger partial charge is 0.350 e. The Morgan fingerprint density at radius 2 is 1.65 bits per heavy atom. The Labute approximate surface area is 205 Å². The lowest BCUT2D eigenvalue weighted by molar-refractivity contribution is 0.0942. The van der Waals surface area contributed by atoms with Crippen molar-refractivity contribution in [1.82, 2.24) is 14.9 Å². The maximum Gasteiger partial charge on any atom is 0.262 e. The molecule has 0 unspecified atom stereocenters. The molecule has 1 N–H and O–H groups in total. The average molecular weight is 480 g/mol. The molecule has 0 spiro atoms. The van der Waals surface area contributed by atoms with Crippen molar-refractivity contribution >= 4 is 34.4 Å². The van der Waals surface area contributed by atoms with E-state index in [0.717, 1.165) is 11.1 Å². The van der Waals surface area contributed by atoms with Gasteiger partial charge in [-0.1, -0.05) is 37.7 Å². The number of carbonyl (C=O) groups is 2. The molecule has 0 saturated carbocycles. The van der Waals surface area contributed by atoms with E-state index in [1.807, 2.05) is 66.7 Å². The Balaban J connectivity index is 2.03. The highest BCUT2D eigenvalue weighted by Gasteiger charge is 2.22. The van der Waals surface area contributed by atoms with Crippen LogP contribution >= 0.6 is 11.8 Å². The van der Waals surface area contributed by atoms with Crippen molar-refractivity contribution in [3.63, 3.8) is 0 Å². The molecule has 3 rings (SSSR count). The molecule has 34 heavy (non-hydrogen) atoms. The van der Waals surface area contributed by atoms with Gasteiger partial charge in [0.25, 0.3) is 11.5 Å². The molecule has 2 aromatic carbocycles. The molecule has 1 aromatic heterocycles. The number of hydrogen-bond acceptors (Lipinski definition) is 5. The molecular weight excluding hydrogens is 446 g/mol. The quantitative estimate of drug-likeness (QED) is 0.274. The summed E-state index contributed by atoms with van der Waals surface area (Å²) in [5.74, 6) is -0.000646. The van der Waals surface area contributed by atoms with E-state index in [4.69, 9.17) is 4.98 Å². The third-order valence-electron chi connectivity index (χ3n) is 5.59. The number of thioether (sulfide) groups is 1. The fourth-order valence-electron chi connectivity index (χ4n) is 3.64. The zero-order chi connectivity index (χ0) is 25.2. The van der Waals surface area contributed by atoms with Crippen LogP contribution in [0, 0.1) is 19.8 Å². The van der Waals surface area contributed by atoms with Gasteiger partial charge in [-0.05, 0) is 75.9 Å². The van der Waals surface area contributed by atoms with Gasteiger partial charge >= 0.3 is 0 Å². The van der Waals surface area contributed by atoms with Crippen molar-refractivity contribution in [1.29, 1.82) is 0 Å². The molecule has 180 valence electrons. The second-order valence-corrected chi connectivity index (χ2v) is 10.8. The molecule has 1 atom stereocenters. The number of rotatable bonds is 8. The maximum atomic E-state index is 13.4. The Morgan fingerprint density at radius 3 is 2.26 bits per heavy atom. The summed E-state index contributed by atoms with van der Waals surface area (Å²) < 4.78 is 1.65. The molecule has 6 nitrogen and oxygen atoms in total. The summed E-state index contributed by atoms with van der Waals surface area (Å²) in [5.41, 5.74) is 3.59. The summed E-state index contributed by atoms with van der Waals surface area (Å²) in [5, 5.41) is 3.37. The fourth-order valence-corrected chi connectivity index (χ4v) is 4.64. The molecule has 1 amide bonds. The average Bonchev–Trinajstić information content (AvgIpc) is 2.76. The molecule has 3 aromatic rings. The molecule has 0 saturated heterocycles. The van der Waals surface area contributed by atoms with Gasteiger partial charge in [-0.3, -0.25) is 19.0 Å². The number of ketones is 1. The van der Waals surface area contributed by atoms with E-state index in [-0.39, 0.29) is 29.2 Å². The summed E-state index contributed by atoms with van der Waals surface area (Å²) in [7, 11) is 0. The highest BCUT2D eigenvalue weighted by molar-refractivity contribution is 8.00. The number of Topliss-reactive ketones (excluding diaryl/α,β-unsaturated/α-hetero) is 1. The number of benzene rings is 2. The second kappa shape index (κ2) is 10.6. The highest BCUT2D eigenvalue weighted by atomic mass is 32.2. The van der Waals surface area contributed by atoms with Crippen LogP contribution in [0.3, 0.4) is 0 Å². The van der Waals surface area contributed by atoms with E-state index in [9.17, 15) is 14.4 Å². The van der Waals surface area contributed by atoms with Crippen LogP contribution in [-0.4, -0.2) is 32.5 Å². The van der Waals surface area contributed by atoms with Crippen molar-refractivity contribution in [2.45, 2.75) is 71.5 Å². The Hall–Kier alpha value is -2.93. The van der Waals surface area contributed by atoms with Gasteiger partial charge in [0.2, 0.25) is 0 Å². The molecular formula is C27H33N3O3S. The molecule has 7 heteroatoms. The topological polar surface area (TPSA) is 81.1 Å². The predicted molar refractivity (Wildman–Crippen MR) is 139 cm³/mol. The van der Waals surface area contributed by atoms with Gasteiger partial charge in [-0.2, -0.15) is 0 Å². The van der Waals surface area contributed by atoms with Crippen LogP contribution in [0.2, 0.25) is 0 Å². The number of carbonyl (C=O) groups excluding carboxylic acids is 2. The van der Waals surface area contributed by atoms with Crippen LogP contribution in [0.15, 0.2) is 46.3 Å². The first kappa shape index (κ1) is 25.7. The van der Waals surface area contributed by atoms with E-state index >= 15 is 0 Å². The molecule has 0 bridgehead atoms. The first-order chi connectivity index (χ1) is 16.0. The second-order valence-electron chi connectivity index (χ2n) is 9.49. The van der Waals surface area contributed by atoms with Gasteiger partial charge in [-0.25, -0.2) is 4.98 Å². The summed E-state index contributed by atoms with van der Waals surface area (Å²) >= 11 is 1.28. The first-order valence-electron chi connectivity index (χ1n) is 11.6. The number of aromatic nitrogens is 2. The molecule has 0 aliphatic heterocycles. The molecule has 1 heterocycles. The minimum absolute atomic E-state index is 0.00131. The monoisotopic (exact) mass is 479 g/mol. The summed E-state index contributed by atoms with van der Waals surface area (Å²) in [6.07, 6.45) is 0. The first-order valence-corrected chi connectivity index (χ1v) is 12.5. The molecule has 0 aliphatic carbocycles. The van der Waals surface area contributed by atoms with Crippen molar-refractivity contribution in [3.05, 3.63) is 69.0 Å². The number of fused-ring (bicyclic) bond motifs is 1. The van der Waals surface area contributed by atoms with Crippen molar-refractivity contribution < 1.29 is 9.59 Å². The smallest absolute Gasteiger partial charge is 0.262 e. The summed E-state index contributed by atoms with van der Waals surface area (Å²) in [6.45, 7) is 14.2. The number of aryl methyl sites for hydroxylation is 2.